The smallest absolute Gasteiger partial charge is 0.0282 e. The molecule has 0 amide bonds. The Labute approximate surface area is 102 Å². The summed E-state index contributed by atoms with van der Waals surface area (Å²) in [6, 6.07) is 0. The minimum Gasteiger partial charge on any atom is -0.0813 e. The van der Waals surface area contributed by atoms with Crippen molar-refractivity contribution in [3.8, 4) is 0 Å². The molecule has 0 aromatic carbocycles. The van der Waals surface area contributed by atoms with E-state index in [1.807, 2.05) is 0 Å². The summed E-state index contributed by atoms with van der Waals surface area (Å²) in [5.41, 5.74) is 3.16. The molecule has 0 heterocycles. The average Bonchev–Trinajstić information content (AvgIpc) is 2.28. The zero-order valence-electron chi connectivity index (χ0n) is 11.2. The summed E-state index contributed by atoms with van der Waals surface area (Å²) in [4.78, 5) is 0. The lowest BCUT2D eigenvalue weighted by Gasteiger charge is -2.11. The maximum Gasteiger partial charge on any atom is -0.0282 e. The first-order valence-corrected chi connectivity index (χ1v) is 7.19. The molecule has 0 aromatic rings. The third-order valence-electron chi connectivity index (χ3n) is 3.47. The van der Waals surface area contributed by atoms with Crippen LogP contribution in [-0.4, -0.2) is 0 Å². The van der Waals surface area contributed by atoms with Crippen LogP contribution < -0.4 is 0 Å². The van der Waals surface area contributed by atoms with Gasteiger partial charge in [-0.3, -0.25) is 0 Å². The van der Waals surface area contributed by atoms with Gasteiger partial charge in [0.05, 0.1) is 0 Å². The van der Waals surface area contributed by atoms with Crippen LogP contribution in [0.1, 0.15) is 78.1 Å². The minimum absolute atomic E-state index is 1.27. The number of hydrogen-bond donors (Lipinski definition) is 0. The molecule has 0 unspecified atom stereocenters. The fraction of sp³-hybridized carbons (Fsp3) is 0.750. The molecule has 0 saturated carbocycles. The van der Waals surface area contributed by atoms with E-state index in [-0.39, 0.29) is 0 Å². The summed E-state index contributed by atoms with van der Waals surface area (Å²) in [5.74, 6) is 0. The second-order valence-corrected chi connectivity index (χ2v) is 5.16. The average molecular weight is 220 g/mol. The SMILES string of the molecule is CCCCCCCCCC1=CC(C)=CCC1. The van der Waals surface area contributed by atoms with E-state index in [0.29, 0.717) is 0 Å². The standard InChI is InChI=1S/C16H28/c1-3-4-5-6-7-8-9-12-16-13-10-11-15(2)14-16/h11,14H,3-10,12-13H2,1-2H3. The second-order valence-electron chi connectivity index (χ2n) is 5.16. The van der Waals surface area contributed by atoms with Crippen molar-refractivity contribution in [2.75, 3.05) is 0 Å². The normalized spacial score (nSPS) is 15.9. The van der Waals surface area contributed by atoms with Crippen molar-refractivity contribution in [3.63, 3.8) is 0 Å². The third kappa shape index (κ3) is 6.15. The molecule has 0 heteroatoms. The van der Waals surface area contributed by atoms with E-state index in [1.54, 1.807) is 5.57 Å². The molecule has 92 valence electrons. The molecule has 1 aliphatic rings. The summed E-state index contributed by atoms with van der Waals surface area (Å²) in [6.45, 7) is 4.51. The van der Waals surface area contributed by atoms with Gasteiger partial charge in [-0.05, 0) is 32.6 Å². The molecule has 0 saturated heterocycles. The van der Waals surface area contributed by atoms with Crippen molar-refractivity contribution in [3.05, 3.63) is 23.3 Å². The van der Waals surface area contributed by atoms with Crippen molar-refractivity contribution in [2.45, 2.75) is 78.1 Å². The molecule has 0 aromatic heterocycles. The number of rotatable bonds is 8. The molecule has 0 fully saturated rings. The Morgan fingerprint density at radius 1 is 1.00 bits per heavy atom. The number of hydrogen-bond acceptors (Lipinski definition) is 0. The second kappa shape index (κ2) is 8.61. The first kappa shape index (κ1) is 13.5. The van der Waals surface area contributed by atoms with Crippen LogP contribution in [0.25, 0.3) is 0 Å². The quantitative estimate of drug-likeness (QED) is 0.454. The Kier molecular flexibility index (Phi) is 7.29. The van der Waals surface area contributed by atoms with Crippen LogP contribution in [0, 0.1) is 0 Å². The summed E-state index contributed by atoms with van der Waals surface area (Å²) in [7, 11) is 0. The molecular weight excluding hydrogens is 192 g/mol. The zero-order valence-corrected chi connectivity index (χ0v) is 11.2. The van der Waals surface area contributed by atoms with E-state index in [9.17, 15) is 0 Å². The van der Waals surface area contributed by atoms with Crippen molar-refractivity contribution in [1.82, 2.24) is 0 Å². The van der Waals surface area contributed by atoms with Crippen LogP contribution >= 0.6 is 0 Å². The first-order chi connectivity index (χ1) is 7.83. The molecular formula is C16H28. The van der Waals surface area contributed by atoms with Gasteiger partial charge in [0.25, 0.3) is 0 Å². The van der Waals surface area contributed by atoms with Gasteiger partial charge in [0.15, 0.2) is 0 Å². The molecule has 0 nitrogen and oxygen atoms in total. The summed E-state index contributed by atoms with van der Waals surface area (Å²) >= 11 is 0. The van der Waals surface area contributed by atoms with Gasteiger partial charge >= 0.3 is 0 Å². The monoisotopic (exact) mass is 220 g/mol. The van der Waals surface area contributed by atoms with E-state index >= 15 is 0 Å². The molecule has 1 aliphatic carbocycles. The van der Waals surface area contributed by atoms with E-state index in [0.717, 1.165) is 0 Å². The van der Waals surface area contributed by atoms with Crippen LogP contribution in [0.4, 0.5) is 0 Å². The molecule has 16 heavy (non-hydrogen) atoms. The molecule has 0 radical (unpaired) electrons. The van der Waals surface area contributed by atoms with Gasteiger partial charge in [-0.15, -0.1) is 0 Å². The van der Waals surface area contributed by atoms with Gasteiger partial charge in [-0.2, -0.15) is 0 Å². The highest BCUT2D eigenvalue weighted by Crippen LogP contribution is 2.22. The highest BCUT2D eigenvalue weighted by atomic mass is 14.1. The van der Waals surface area contributed by atoms with Gasteiger partial charge in [0.1, 0.15) is 0 Å². The summed E-state index contributed by atoms with van der Waals surface area (Å²) in [5, 5.41) is 0. The highest BCUT2D eigenvalue weighted by molar-refractivity contribution is 5.25. The van der Waals surface area contributed by atoms with Gasteiger partial charge in [-0.1, -0.05) is 68.7 Å². The van der Waals surface area contributed by atoms with Crippen LogP contribution in [0.5, 0.6) is 0 Å². The lowest BCUT2D eigenvalue weighted by Crippen LogP contribution is -1.91. The maximum atomic E-state index is 2.40. The summed E-state index contributed by atoms with van der Waals surface area (Å²) in [6.07, 6.45) is 18.7. The Bertz CT molecular complexity index is 232. The molecule has 0 aliphatic heterocycles. The molecule has 1 rings (SSSR count). The van der Waals surface area contributed by atoms with Crippen LogP contribution in [0.15, 0.2) is 23.3 Å². The fourth-order valence-corrected chi connectivity index (χ4v) is 2.44. The van der Waals surface area contributed by atoms with Gasteiger partial charge in [0, 0.05) is 0 Å². The van der Waals surface area contributed by atoms with Crippen LogP contribution in [0.3, 0.4) is 0 Å². The summed E-state index contributed by atoms with van der Waals surface area (Å²) < 4.78 is 0. The topological polar surface area (TPSA) is 0 Å². The minimum atomic E-state index is 1.27. The maximum absolute atomic E-state index is 2.40. The molecule has 0 N–H and O–H groups in total. The lowest BCUT2D eigenvalue weighted by atomic mass is 9.95. The Balaban J connectivity index is 1.97. The van der Waals surface area contributed by atoms with Crippen molar-refractivity contribution in [2.24, 2.45) is 0 Å². The predicted molar refractivity (Wildman–Crippen MR) is 73.7 cm³/mol. The van der Waals surface area contributed by atoms with Gasteiger partial charge in [0.2, 0.25) is 0 Å². The van der Waals surface area contributed by atoms with Gasteiger partial charge < -0.3 is 0 Å². The van der Waals surface area contributed by atoms with Gasteiger partial charge in [-0.25, -0.2) is 0 Å². The van der Waals surface area contributed by atoms with E-state index in [1.165, 1.54) is 69.8 Å². The Morgan fingerprint density at radius 3 is 2.38 bits per heavy atom. The molecule has 0 atom stereocenters. The largest absolute Gasteiger partial charge is 0.0813 e. The van der Waals surface area contributed by atoms with Crippen molar-refractivity contribution < 1.29 is 0 Å². The molecule has 0 spiro atoms. The third-order valence-corrected chi connectivity index (χ3v) is 3.47. The van der Waals surface area contributed by atoms with E-state index in [4.69, 9.17) is 0 Å². The highest BCUT2D eigenvalue weighted by Gasteiger charge is 2.02. The van der Waals surface area contributed by atoms with Crippen molar-refractivity contribution in [1.29, 1.82) is 0 Å². The van der Waals surface area contributed by atoms with E-state index < -0.39 is 0 Å². The number of allylic oxidation sites excluding steroid dienone is 4. The van der Waals surface area contributed by atoms with Crippen LogP contribution in [0.2, 0.25) is 0 Å². The Morgan fingerprint density at radius 2 is 1.69 bits per heavy atom. The fourth-order valence-electron chi connectivity index (χ4n) is 2.44. The predicted octanol–water partition coefficient (Wildman–Crippen LogP) is 5.79. The van der Waals surface area contributed by atoms with Crippen molar-refractivity contribution >= 4 is 0 Å². The number of unbranched alkanes of at least 4 members (excludes halogenated alkanes) is 6. The Hall–Kier alpha value is -0.520. The lowest BCUT2D eigenvalue weighted by molar-refractivity contribution is 0.585. The zero-order chi connectivity index (χ0) is 11.6. The van der Waals surface area contributed by atoms with Crippen LogP contribution in [-0.2, 0) is 0 Å². The first-order valence-electron chi connectivity index (χ1n) is 7.19. The molecule has 0 bridgehead atoms. The van der Waals surface area contributed by atoms with E-state index in [2.05, 4.69) is 26.0 Å².